The molecular weight excluding hydrogens is 360 g/mol. The van der Waals surface area contributed by atoms with E-state index in [0.29, 0.717) is 28.8 Å². The molecule has 0 bridgehead atoms. The molecule has 0 radical (unpaired) electrons. The average molecular weight is 380 g/mol. The molecule has 1 heterocycles. The van der Waals surface area contributed by atoms with Crippen LogP contribution < -0.4 is 24.8 Å². The van der Waals surface area contributed by atoms with Gasteiger partial charge >= 0.3 is 0 Å². The predicted octanol–water partition coefficient (Wildman–Crippen LogP) is 3.50. The van der Waals surface area contributed by atoms with Gasteiger partial charge in [-0.1, -0.05) is 12.1 Å². The van der Waals surface area contributed by atoms with Crippen LogP contribution in [-0.4, -0.2) is 37.4 Å². The molecule has 8 heteroatoms. The molecule has 0 atom stereocenters. The van der Waals surface area contributed by atoms with Gasteiger partial charge in [0.2, 0.25) is 0 Å². The second-order valence-corrected chi connectivity index (χ2v) is 5.65. The molecule has 3 rings (SSSR count). The van der Waals surface area contributed by atoms with Crippen molar-refractivity contribution in [2.75, 3.05) is 32.0 Å². The first-order chi connectivity index (χ1) is 13.6. The Morgan fingerprint density at radius 1 is 0.821 bits per heavy atom. The summed E-state index contributed by atoms with van der Waals surface area (Å²) in [7, 11) is 4.67. The van der Waals surface area contributed by atoms with Gasteiger partial charge < -0.3 is 24.8 Å². The molecule has 0 aliphatic carbocycles. The van der Waals surface area contributed by atoms with Crippen molar-refractivity contribution in [2.45, 2.75) is 0 Å². The zero-order valence-electron chi connectivity index (χ0n) is 15.7. The molecule has 0 fully saturated rings. The Bertz CT molecular complexity index is 961. The molecule has 1 aromatic heterocycles. The lowest BCUT2D eigenvalue weighted by molar-refractivity contribution is 0.102. The van der Waals surface area contributed by atoms with Gasteiger partial charge in [-0.25, -0.2) is 0 Å². The molecule has 144 valence electrons. The predicted molar refractivity (Wildman–Crippen MR) is 106 cm³/mol. The van der Waals surface area contributed by atoms with Gasteiger partial charge in [0.05, 0.1) is 27.0 Å². The van der Waals surface area contributed by atoms with Crippen LogP contribution in [0.15, 0.2) is 54.6 Å². The van der Waals surface area contributed by atoms with E-state index in [1.807, 2.05) is 24.3 Å². The van der Waals surface area contributed by atoms with Crippen molar-refractivity contribution in [3.8, 4) is 17.2 Å². The molecule has 28 heavy (non-hydrogen) atoms. The summed E-state index contributed by atoms with van der Waals surface area (Å²) in [6, 6.07) is 15.8. The number of nitrogens with zero attached hydrogens (tertiary/aromatic N) is 2. The molecule has 0 unspecified atom stereocenters. The lowest BCUT2D eigenvalue weighted by Gasteiger charge is -2.11. The van der Waals surface area contributed by atoms with Gasteiger partial charge in [0, 0.05) is 11.8 Å². The number of carbonyl (C=O) groups excluding carboxylic acids is 1. The van der Waals surface area contributed by atoms with Crippen LogP contribution in [0, 0.1) is 0 Å². The minimum Gasteiger partial charge on any atom is -0.495 e. The van der Waals surface area contributed by atoms with Gasteiger partial charge in [0.25, 0.3) is 5.91 Å². The number of methoxy groups -OCH3 is 3. The number of anilines is 3. The number of ether oxygens (including phenoxy) is 3. The molecule has 0 spiro atoms. The molecule has 0 aliphatic heterocycles. The van der Waals surface area contributed by atoms with Crippen LogP contribution in [0.4, 0.5) is 17.2 Å². The van der Waals surface area contributed by atoms with Gasteiger partial charge in [-0.05, 0) is 36.4 Å². The minimum atomic E-state index is -0.386. The van der Waals surface area contributed by atoms with E-state index >= 15 is 0 Å². The molecule has 0 saturated carbocycles. The van der Waals surface area contributed by atoms with E-state index in [4.69, 9.17) is 14.2 Å². The standard InChI is InChI=1S/C20H20N4O4/c1-26-16-7-5-4-6-14(16)22-19-11-9-15(23-24-19)20(25)21-13-8-10-17(27-2)18(12-13)28-3/h4-12H,1-3H3,(H,21,25)(H,22,24). The molecule has 3 aromatic rings. The number of amides is 1. The molecule has 2 N–H and O–H groups in total. The van der Waals surface area contributed by atoms with Crippen LogP contribution in [0.3, 0.4) is 0 Å². The maximum absolute atomic E-state index is 12.4. The van der Waals surface area contributed by atoms with E-state index in [9.17, 15) is 4.79 Å². The Kier molecular flexibility index (Phi) is 5.91. The highest BCUT2D eigenvalue weighted by atomic mass is 16.5. The zero-order chi connectivity index (χ0) is 19.9. The van der Waals surface area contributed by atoms with Gasteiger partial charge in [-0.15, -0.1) is 10.2 Å². The Balaban J connectivity index is 1.70. The van der Waals surface area contributed by atoms with Crippen molar-refractivity contribution in [3.63, 3.8) is 0 Å². The number of carbonyl (C=O) groups is 1. The van der Waals surface area contributed by atoms with E-state index < -0.39 is 0 Å². The molecule has 0 aliphatic rings. The van der Waals surface area contributed by atoms with E-state index in [0.717, 1.165) is 5.69 Å². The Labute approximate surface area is 162 Å². The number of hydrogen-bond donors (Lipinski definition) is 2. The van der Waals surface area contributed by atoms with Crippen molar-refractivity contribution in [2.24, 2.45) is 0 Å². The summed E-state index contributed by atoms with van der Waals surface area (Å²) in [5.41, 5.74) is 1.49. The van der Waals surface area contributed by atoms with Crippen molar-refractivity contribution >= 4 is 23.1 Å². The fraction of sp³-hybridized carbons (Fsp3) is 0.150. The van der Waals surface area contributed by atoms with Crippen LogP contribution in [0.25, 0.3) is 0 Å². The molecule has 1 amide bonds. The van der Waals surface area contributed by atoms with Crippen molar-refractivity contribution in [1.29, 1.82) is 0 Å². The first kappa shape index (κ1) is 19.0. The van der Waals surface area contributed by atoms with E-state index in [2.05, 4.69) is 20.8 Å². The summed E-state index contributed by atoms with van der Waals surface area (Å²) >= 11 is 0. The highest BCUT2D eigenvalue weighted by molar-refractivity contribution is 6.03. The third-order valence-electron chi connectivity index (χ3n) is 3.91. The van der Waals surface area contributed by atoms with Gasteiger partial charge in [0.1, 0.15) is 5.75 Å². The summed E-state index contributed by atoms with van der Waals surface area (Å²) < 4.78 is 15.7. The van der Waals surface area contributed by atoms with Crippen molar-refractivity contribution in [3.05, 3.63) is 60.3 Å². The summed E-state index contributed by atoms with van der Waals surface area (Å²) in [6.45, 7) is 0. The summed E-state index contributed by atoms with van der Waals surface area (Å²) in [6.07, 6.45) is 0. The van der Waals surface area contributed by atoms with Crippen LogP contribution in [0.5, 0.6) is 17.2 Å². The third-order valence-corrected chi connectivity index (χ3v) is 3.91. The van der Waals surface area contributed by atoms with Crippen molar-refractivity contribution < 1.29 is 19.0 Å². The molecule has 0 saturated heterocycles. The third kappa shape index (κ3) is 4.29. The first-order valence-corrected chi connectivity index (χ1v) is 8.41. The average Bonchev–Trinajstić information content (AvgIpc) is 2.74. The van der Waals surface area contributed by atoms with Crippen LogP contribution >= 0.6 is 0 Å². The zero-order valence-corrected chi connectivity index (χ0v) is 15.7. The lowest BCUT2D eigenvalue weighted by Crippen LogP contribution is -2.14. The fourth-order valence-electron chi connectivity index (χ4n) is 2.52. The SMILES string of the molecule is COc1ccccc1Nc1ccc(C(=O)Nc2ccc(OC)c(OC)c2)nn1. The number of aromatic nitrogens is 2. The number of benzene rings is 2. The van der Waals surface area contributed by atoms with Crippen LogP contribution in [0.1, 0.15) is 10.5 Å². The smallest absolute Gasteiger partial charge is 0.276 e. The van der Waals surface area contributed by atoms with Crippen LogP contribution in [0.2, 0.25) is 0 Å². The Morgan fingerprint density at radius 3 is 2.25 bits per heavy atom. The van der Waals surface area contributed by atoms with E-state index in [-0.39, 0.29) is 11.6 Å². The molecular formula is C20H20N4O4. The fourth-order valence-corrected chi connectivity index (χ4v) is 2.52. The second kappa shape index (κ2) is 8.72. The van der Waals surface area contributed by atoms with Crippen molar-refractivity contribution in [1.82, 2.24) is 10.2 Å². The topological polar surface area (TPSA) is 94.6 Å². The maximum Gasteiger partial charge on any atom is 0.276 e. The van der Waals surface area contributed by atoms with Gasteiger partial charge in [-0.2, -0.15) is 0 Å². The van der Waals surface area contributed by atoms with Gasteiger partial charge in [-0.3, -0.25) is 4.79 Å². The quantitative estimate of drug-likeness (QED) is 0.648. The Morgan fingerprint density at radius 2 is 1.57 bits per heavy atom. The number of nitrogens with one attached hydrogen (secondary N) is 2. The summed E-state index contributed by atoms with van der Waals surface area (Å²) in [4.78, 5) is 12.4. The summed E-state index contributed by atoms with van der Waals surface area (Å²) in [5.74, 6) is 1.88. The highest BCUT2D eigenvalue weighted by Crippen LogP contribution is 2.30. The van der Waals surface area contributed by atoms with E-state index in [1.165, 1.54) is 7.11 Å². The number of para-hydroxylation sites is 2. The maximum atomic E-state index is 12.4. The first-order valence-electron chi connectivity index (χ1n) is 8.41. The monoisotopic (exact) mass is 380 g/mol. The van der Waals surface area contributed by atoms with Crippen LogP contribution in [-0.2, 0) is 0 Å². The largest absolute Gasteiger partial charge is 0.495 e. The number of hydrogen-bond acceptors (Lipinski definition) is 7. The van der Waals surface area contributed by atoms with E-state index in [1.54, 1.807) is 44.6 Å². The minimum absolute atomic E-state index is 0.181. The lowest BCUT2D eigenvalue weighted by atomic mass is 10.2. The molecule has 2 aromatic carbocycles. The normalized spacial score (nSPS) is 10.1. The highest BCUT2D eigenvalue weighted by Gasteiger charge is 2.12. The van der Waals surface area contributed by atoms with Gasteiger partial charge in [0.15, 0.2) is 23.0 Å². The number of rotatable bonds is 7. The molecule has 8 nitrogen and oxygen atoms in total. The second-order valence-electron chi connectivity index (χ2n) is 5.65. The Hall–Kier alpha value is -3.81. The summed E-state index contributed by atoms with van der Waals surface area (Å²) in [5, 5.41) is 13.9.